The van der Waals surface area contributed by atoms with Gasteiger partial charge in [-0.25, -0.2) is 4.79 Å². The summed E-state index contributed by atoms with van der Waals surface area (Å²) in [4.78, 5) is 11.9. The monoisotopic (exact) mass is 442 g/mol. The summed E-state index contributed by atoms with van der Waals surface area (Å²) in [5.74, 6) is 0.966. The zero-order valence-corrected chi connectivity index (χ0v) is 15.9. The van der Waals surface area contributed by atoms with E-state index >= 15 is 0 Å². The summed E-state index contributed by atoms with van der Waals surface area (Å²) < 4.78 is 17.3. The predicted octanol–water partition coefficient (Wildman–Crippen LogP) is 4.98. The van der Waals surface area contributed by atoms with Gasteiger partial charge in [-0.1, -0.05) is 12.1 Å². The molecule has 0 aliphatic carbocycles. The van der Waals surface area contributed by atoms with E-state index < -0.39 is 0 Å². The fourth-order valence-corrected chi connectivity index (χ4v) is 3.24. The van der Waals surface area contributed by atoms with Crippen molar-refractivity contribution >= 4 is 37.8 Å². The maximum Gasteiger partial charge on any atom is 0.339 e. The first-order valence-electron chi connectivity index (χ1n) is 6.97. The van der Waals surface area contributed by atoms with Crippen LogP contribution in [0.3, 0.4) is 0 Å². The second kappa shape index (κ2) is 8.36. The molecule has 23 heavy (non-hydrogen) atoms. The average Bonchev–Trinajstić information content (AvgIpc) is 2.55. The average molecular weight is 444 g/mol. The Morgan fingerprint density at radius 2 is 1.78 bits per heavy atom. The molecule has 2 rings (SSSR count). The normalized spacial score (nSPS) is 10.3. The highest BCUT2D eigenvalue weighted by atomic mass is 79.9. The molecule has 0 aliphatic rings. The molecule has 0 bridgehead atoms. The quantitative estimate of drug-likeness (QED) is 0.591. The van der Waals surface area contributed by atoms with Crippen LogP contribution in [0, 0.1) is 0 Å². The Kier molecular flexibility index (Phi) is 6.47. The summed E-state index contributed by atoms with van der Waals surface area (Å²) in [7, 11) is 1.63. The van der Waals surface area contributed by atoms with Crippen molar-refractivity contribution in [2.24, 2.45) is 0 Å². The number of methoxy groups -OCH3 is 1. The Labute approximate surface area is 152 Å². The number of rotatable bonds is 6. The van der Waals surface area contributed by atoms with Crippen LogP contribution in [0.4, 0.5) is 0 Å². The number of hydrogen-bond donors (Lipinski definition) is 0. The lowest BCUT2D eigenvalue weighted by Crippen LogP contribution is -2.07. The van der Waals surface area contributed by atoms with Crippen molar-refractivity contribution in [2.45, 2.75) is 13.5 Å². The largest absolute Gasteiger partial charge is 0.497 e. The smallest absolute Gasteiger partial charge is 0.339 e. The fourth-order valence-electron chi connectivity index (χ4n) is 1.91. The molecule has 0 amide bonds. The minimum absolute atomic E-state index is 0.323. The Morgan fingerprint density at radius 1 is 1.09 bits per heavy atom. The highest BCUT2D eigenvalue weighted by Gasteiger charge is 2.17. The summed E-state index contributed by atoms with van der Waals surface area (Å²) >= 11 is 6.86. The van der Waals surface area contributed by atoms with Crippen LogP contribution in [0.5, 0.6) is 11.5 Å². The third-order valence-corrected chi connectivity index (χ3v) is 4.50. The molecule has 0 radical (unpaired) electrons. The molecule has 0 fully saturated rings. The lowest BCUT2D eigenvalue weighted by atomic mass is 10.2. The Hall–Kier alpha value is -1.53. The minimum atomic E-state index is -0.388. The van der Waals surface area contributed by atoms with Gasteiger partial charge >= 0.3 is 5.97 Å². The van der Waals surface area contributed by atoms with Crippen molar-refractivity contribution in [1.82, 2.24) is 0 Å². The number of carbonyl (C=O) groups excluding carboxylic acids is 1. The molecule has 4 nitrogen and oxygen atoms in total. The van der Waals surface area contributed by atoms with Crippen LogP contribution >= 0.6 is 31.9 Å². The SMILES string of the molecule is CCOC(=O)c1ccc(Br)c(OCc2ccc(OC)cc2)c1Br. The van der Waals surface area contributed by atoms with Crippen molar-refractivity contribution in [2.75, 3.05) is 13.7 Å². The van der Waals surface area contributed by atoms with Gasteiger partial charge in [0.1, 0.15) is 18.1 Å². The number of carbonyl (C=O) groups is 1. The van der Waals surface area contributed by atoms with Crippen LogP contribution in [0.15, 0.2) is 45.3 Å². The first-order valence-corrected chi connectivity index (χ1v) is 8.56. The van der Waals surface area contributed by atoms with Crippen molar-refractivity contribution in [1.29, 1.82) is 0 Å². The molecule has 0 aliphatic heterocycles. The van der Waals surface area contributed by atoms with Gasteiger partial charge in [0.05, 0.1) is 28.2 Å². The molecule has 0 spiro atoms. The highest BCUT2D eigenvalue weighted by Crippen LogP contribution is 2.37. The topological polar surface area (TPSA) is 44.8 Å². The van der Waals surface area contributed by atoms with Gasteiger partial charge in [-0.3, -0.25) is 0 Å². The van der Waals surface area contributed by atoms with Crippen LogP contribution in [-0.2, 0) is 11.3 Å². The van der Waals surface area contributed by atoms with Gasteiger partial charge < -0.3 is 14.2 Å². The van der Waals surface area contributed by atoms with E-state index in [1.807, 2.05) is 24.3 Å². The molecule has 0 saturated carbocycles. The standard InChI is InChI=1S/C17H16Br2O4/c1-3-22-17(20)13-8-9-14(18)16(15(13)19)23-10-11-4-6-12(21-2)7-5-11/h4-9H,3,10H2,1-2H3. The van der Waals surface area contributed by atoms with Gasteiger partial charge in [-0.2, -0.15) is 0 Å². The van der Waals surface area contributed by atoms with Crippen LogP contribution < -0.4 is 9.47 Å². The molecule has 2 aromatic carbocycles. The molecule has 6 heteroatoms. The lowest BCUT2D eigenvalue weighted by Gasteiger charge is -2.13. The van der Waals surface area contributed by atoms with E-state index in [9.17, 15) is 4.79 Å². The minimum Gasteiger partial charge on any atom is -0.497 e. The maximum atomic E-state index is 11.9. The van der Waals surface area contributed by atoms with Crippen molar-refractivity contribution in [3.63, 3.8) is 0 Å². The molecule has 0 heterocycles. The van der Waals surface area contributed by atoms with Gasteiger partial charge in [-0.15, -0.1) is 0 Å². The third-order valence-electron chi connectivity index (χ3n) is 3.09. The highest BCUT2D eigenvalue weighted by molar-refractivity contribution is 9.11. The first kappa shape index (κ1) is 17.8. The van der Waals surface area contributed by atoms with E-state index in [1.165, 1.54) is 0 Å². The maximum absolute atomic E-state index is 11.9. The summed E-state index contributed by atoms with van der Waals surface area (Å²) in [5, 5.41) is 0. The van der Waals surface area contributed by atoms with Gasteiger partial charge in [0.25, 0.3) is 0 Å². The predicted molar refractivity (Wildman–Crippen MR) is 95.1 cm³/mol. The van der Waals surface area contributed by atoms with E-state index in [0.29, 0.717) is 29.0 Å². The lowest BCUT2D eigenvalue weighted by molar-refractivity contribution is 0.0524. The number of benzene rings is 2. The van der Waals surface area contributed by atoms with Gasteiger partial charge in [0, 0.05) is 0 Å². The number of ether oxygens (including phenoxy) is 3. The van der Waals surface area contributed by atoms with E-state index in [0.717, 1.165) is 15.8 Å². The summed E-state index contributed by atoms with van der Waals surface area (Å²) in [5.41, 5.74) is 1.42. The van der Waals surface area contributed by atoms with Crippen molar-refractivity contribution < 1.29 is 19.0 Å². The Bertz CT molecular complexity index is 684. The zero-order chi connectivity index (χ0) is 16.8. The molecule has 0 unspecified atom stereocenters. The van der Waals surface area contributed by atoms with E-state index in [-0.39, 0.29) is 5.97 Å². The summed E-state index contributed by atoms with van der Waals surface area (Å²) in [6.07, 6.45) is 0. The van der Waals surface area contributed by atoms with Crippen LogP contribution in [0.25, 0.3) is 0 Å². The van der Waals surface area contributed by atoms with Gasteiger partial charge in [0.15, 0.2) is 0 Å². The third kappa shape index (κ3) is 4.48. The molecular formula is C17H16Br2O4. The molecular weight excluding hydrogens is 428 g/mol. The van der Waals surface area contributed by atoms with Crippen molar-refractivity contribution in [3.8, 4) is 11.5 Å². The Balaban J connectivity index is 2.18. The van der Waals surface area contributed by atoms with Gasteiger partial charge in [-0.05, 0) is 68.6 Å². The molecule has 0 N–H and O–H groups in total. The van der Waals surface area contributed by atoms with Crippen LogP contribution in [-0.4, -0.2) is 19.7 Å². The summed E-state index contributed by atoms with van der Waals surface area (Å²) in [6, 6.07) is 11.0. The first-order chi connectivity index (χ1) is 11.1. The van der Waals surface area contributed by atoms with E-state index in [2.05, 4.69) is 31.9 Å². The number of halogens is 2. The molecule has 0 saturated heterocycles. The van der Waals surface area contributed by atoms with Crippen LogP contribution in [0.1, 0.15) is 22.8 Å². The second-order valence-electron chi connectivity index (χ2n) is 4.60. The number of esters is 1. The fraction of sp³-hybridized carbons (Fsp3) is 0.235. The van der Waals surface area contributed by atoms with Gasteiger partial charge in [0.2, 0.25) is 0 Å². The molecule has 0 aromatic heterocycles. The summed E-state index contributed by atoms with van der Waals surface area (Å²) in [6.45, 7) is 2.46. The van der Waals surface area contributed by atoms with Crippen molar-refractivity contribution in [3.05, 3.63) is 56.5 Å². The molecule has 2 aromatic rings. The number of hydrogen-bond acceptors (Lipinski definition) is 4. The van der Waals surface area contributed by atoms with E-state index in [1.54, 1.807) is 26.2 Å². The van der Waals surface area contributed by atoms with Crippen LogP contribution in [0.2, 0.25) is 0 Å². The molecule has 0 atom stereocenters. The Morgan fingerprint density at radius 3 is 2.39 bits per heavy atom. The zero-order valence-electron chi connectivity index (χ0n) is 12.8. The van der Waals surface area contributed by atoms with E-state index in [4.69, 9.17) is 14.2 Å². The second-order valence-corrected chi connectivity index (χ2v) is 6.24. The molecule has 122 valence electrons.